The molecule has 1 aromatic carbocycles. The van der Waals surface area contributed by atoms with Gasteiger partial charge in [0.15, 0.2) is 5.65 Å². The van der Waals surface area contributed by atoms with Crippen LogP contribution in [-0.4, -0.2) is 19.7 Å². The van der Waals surface area contributed by atoms with Crippen LogP contribution in [0.4, 0.5) is 4.39 Å². The second kappa shape index (κ2) is 5.36. The monoisotopic (exact) mass is 300 g/mol. The molecule has 2 aromatic heterocycles. The number of benzene rings is 1. The van der Waals surface area contributed by atoms with E-state index >= 15 is 0 Å². The molecular weight excluding hydrogens is 283 g/mol. The molecule has 22 heavy (non-hydrogen) atoms. The Balaban J connectivity index is 2.22. The highest BCUT2D eigenvalue weighted by molar-refractivity contribution is 5.77. The number of hydrogen-bond donors (Lipinski definition) is 1. The molecule has 0 bridgehead atoms. The maximum atomic E-state index is 13.2. The number of aryl methyl sites for hydroxylation is 2. The highest BCUT2D eigenvalue weighted by atomic mass is 19.1. The minimum Gasteiger partial charge on any atom is -0.310 e. The summed E-state index contributed by atoms with van der Waals surface area (Å²) < 4.78 is 14.8. The summed E-state index contributed by atoms with van der Waals surface area (Å²) in [4.78, 5) is 19.0. The van der Waals surface area contributed by atoms with E-state index in [1.807, 2.05) is 38.1 Å². The average Bonchev–Trinajstić information content (AvgIpc) is 2.86. The summed E-state index contributed by atoms with van der Waals surface area (Å²) in [7, 11) is 0. The SMILES string of the molecule is Cc1ccc(C(C)n2nc(CF)c3c(=O)[nH]c(C)nc32)cc1. The van der Waals surface area contributed by atoms with Crippen molar-refractivity contribution in [2.75, 3.05) is 0 Å². The fourth-order valence-electron chi connectivity index (χ4n) is 2.57. The van der Waals surface area contributed by atoms with Gasteiger partial charge in [0.25, 0.3) is 5.56 Å². The molecule has 1 unspecified atom stereocenters. The van der Waals surface area contributed by atoms with Crippen LogP contribution in [0.3, 0.4) is 0 Å². The van der Waals surface area contributed by atoms with Crippen molar-refractivity contribution >= 4 is 11.0 Å². The summed E-state index contributed by atoms with van der Waals surface area (Å²) in [6.07, 6.45) is 0. The molecular formula is C16H17FN4O. The lowest BCUT2D eigenvalue weighted by atomic mass is 10.1. The number of rotatable bonds is 3. The van der Waals surface area contributed by atoms with E-state index < -0.39 is 6.67 Å². The van der Waals surface area contributed by atoms with Crippen LogP contribution in [-0.2, 0) is 6.67 Å². The van der Waals surface area contributed by atoms with Crippen LogP contribution >= 0.6 is 0 Å². The van der Waals surface area contributed by atoms with Gasteiger partial charge in [-0.3, -0.25) is 4.79 Å². The fraction of sp³-hybridized carbons (Fsp3) is 0.312. The topological polar surface area (TPSA) is 63.6 Å². The zero-order valence-corrected chi connectivity index (χ0v) is 12.7. The van der Waals surface area contributed by atoms with E-state index in [1.54, 1.807) is 11.6 Å². The Hall–Kier alpha value is -2.50. The van der Waals surface area contributed by atoms with Crippen molar-refractivity contribution in [2.45, 2.75) is 33.5 Å². The molecule has 3 rings (SSSR count). The number of nitrogens with one attached hydrogen (secondary N) is 1. The van der Waals surface area contributed by atoms with Crippen LogP contribution in [0, 0.1) is 13.8 Å². The third-order valence-corrected chi connectivity index (χ3v) is 3.81. The van der Waals surface area contributed by atoms with Gasteiger partial charge in [-0.15, -0.1) is 0 Å². The molecule has 0 aliphatic heterocycles. The number of aromatic nitrogens is 4. The minimum absolute atomic E-state index is 0.128. The molecule has 1 N–H and O–H groups in total. The van der Waals surface area contributed by atoms with Crippen LogP contribution < -0.4 is 5.56 Å². The predicted molar refractivity (Wildman–Crippen MR) is 82.7 cm³/mol. The fourth-order valence-corrected chi connectivity index (χ4v) is 2.57. The van der Waals surface area contributed by atoms with Gasteiger partial charge < -0.3 is 4.98 Å². The van der Waals surface area contributed by atoms with Crippen molar-refractivity contribution in [2.24, 2.45) is 0 Å². The van der Waals surface area contributed by atoms with Gasteiger partial charge in [-0.1, -0.05) is 29.8 Å². The van der Waals surface area contributed by atoms with Crippen LogP contribution in [0.15, 0.2) is 29.1 Å². The third-order valence-electron chi connectivity index (χ3n) is 3.81. The Kier molecular flexibility index (Phi) is 3.52. The lowest BCUT2D eigenvalue weighted by Gasteiger charge is -2.13. The van der Waals surface area contributed by atoms with Crippen molar-refractivity contribution in [3.63, 3.8) is 0 Å². The van der Waals surface area contributed by atoms with Crippen LogP contribution in [0.25, 0.3) is 11.0 Å². The lowest BCUT2D eigenvalue weighted by Crippen LogP contribution is -2.13. The van der Waals surface area contributed by atoms with Crippen molar-refractivity contribution < 1.29 is 4.39 Å². The number of fused-ring (bicyclic) bond motifs is 1. The molecule has 0 amide bonds. The van der Waals surface area contributed by atoms with Gasteiger partial charge in [-0.05, 0) is 26.3 Å². The first-order chi connectivity index (χ1) is 10.5. The number of nitrogens with zero attached hydrogens (tertiary/aromatic N) is 3. The summed E-state index contributed by atoms with van der Waals surface area (Å²) in [6, 6.07) is 7.89. The summed E-state index contributed by atoms with van der Waals surface area (Å²) in [6.45, 7) is 4.88. The van der Waals surface area contributed by atoms with E-state index in [4.69, 9.17) is 0 Å². The first kappa shape index (κ1) is 14.4. The van der Waals surface area contributed by atoms with Gasteiger partial charge in [-0.25, -0.2) is 14.1 Å². The smallest absolute Gasteiger partial charge is 0.262 e. The van der Waals surface area contributed by atoms with Gasteiger partial charge in [0.2, 0.25) is 0 Å². The van der Waals surface area contributed by atoms with E-state index in [2.05, 4.69) is 15.1 Å². The number of aromatic amines is 1. The largest absolute Gasteiger partial charge is 0.310 e. The van der Waals surface area contributed by atoms with E-state index in [-0.39, 0.29) is 22.7 Å². The summed E-state index contributed by atoms with van der Waals surface area (Å²) in [5, 5.41) is 4.50. The molecule has 0 aliphatic carbocycles. The van der Waals surface area contributed by atoms with Crippen molar-refractivity contribution in [3.05, 3.63) is 57.3 Å². The van der Waals surface area contributed by atoms with Gasteiger partial charge in [0, 0.05) is 0 Å². The normalized spacial score (nSPS) is 12.7. The standard InChI is InChI=1S/C16H17FN4O/c1-9-4-6-12(7-5-9)10(2)21-15-14(13(8-17)20-21)16(22)19-11(3)18-15/h4-7,10H,8H2,1-3H3,(H,18,19,22). The van der Waals surface area contributed by atoms with E-state index in [1.165, 1.54) is 0 Å². The number of halogens is 1. The lowest BCUT2D eigenvalue weighted by molar-refractivity contribution is 0.465. The Bertz CT molecular complexity index is 880. The number of hydrogen-bond acceptors (Lipinski definition) is 3. The first-order valence-corrected chi connectivity index (χ1v) is 7.11. The molecule has 0 aliphatic rings. The summed E-state index contributed by atoms with van der Waals surface area (Å²) in [5.41, 5.74) is 2.39. The maximum absolute atomic E-state index is 13.2. The van der Waals surface area contributed by atoms with Gasteiger partial charge in [-0.2, -0.15) is 5.10 Å². The molecule has 5 nitrogen and oxygen atoms in total. The Labute approximate surface area is 126 Å². The summed E-state index contributed by atoms with van der Waals surface area (Å²) in [5.74, 6) is 0.486. The maximum Gasteiger partial charge on any atom is 0.262 e. The molecule has 114 valence electrons. The molecule has 0 spiro atoms. The van der Waals surface area contributed by atoms with Crippen LogP contribution in [0.5, 0.6) is 0 Å². The number of alkyl halides is 1. The van der Waals surface area contributed by atoms with Gasteiger partial charge in [0.05, 0.1) is 6.04 Å². The minimum atomic E-state index is -0.794. The Morgan fingerprint density at radius 3 is 2.59 bits per heavy atom. The van der Waals surface area contributed by atoms with Crippen molar-refractivity contribution in [3.8, 4) is 0 Å². The third kappa shape index (κ3) is 2.30. The highest BCUT2D eigenvalue weighted by Crippen LogP contribution is 2.23. The molecule has 0 fully saturated rings. The van der Waals surface area contributed by atoms with E-state index in [9.17, 15) is 9.18 Å². The van der Waals surface area contributed by atoms with Crippen molar-refractivity contribution in [1.82, 2.24) is 19.7 Å². The van der Waals surface area contributed by atoms with Crippen molar-refractivity contribution in [1.29, 1.82) is 0 Å². The second-order valence-corrected chi connectivity index (χ2v) is 5.46. The Morgan fingerprint density at radius 1 is 1.27 bits per heavy atom. The Morgan fingerprint density at radius 2 is 1.95 bits per heavy atom. The predicted octanol–water partition coefficient (Wildman–Crippen LogP) is 2.82. The van der Waals surface area contributed by atoms with E-state index in [0.29, 0.717) is 11.5 Å². The molecule has 6 heteroatoms. The van der Waals surface area contributed by atoms with Gasteiger partial charge in [0.1, 0.15) is 23.6 Å². The van der Waals surface area contributed by atoms with Crippen LogP contribution in [0.1, 0.15) is 35.6 Å². The highest BCUT2D eigenvalue weighted by Gasteiger charge is 2.20. The van der Waals surface area contributed by atoms with E-state index in [0.717, 1.165) is 11.1 Å². The quantitative estimate of drug-likeness (QED) is 0.809. The average molecular weight is 300 g/mol. The molecule has 3 aromatic rings. The zero-order valence-electron chi connectivity index (χ0n) is 12.7. The first-order valence-electron chi connectivity index (χ1n) is 7.11. The summed E-state index contributed by atoms with van der Waals surface area (Å²) >= 11 is 0. The zero-order chi connectivity index (χ0) is 15.9. The van der Waals surface area contributed by atoms with Gasteiger partial charge >= 0.3 is 0 Å². The molecule has 0 saturated carbocycles. The molecule has 2 heterocycles. The van der Waals surface area contributed by atoms with Crippen LogP contribution in [0.2, 0.25) is 0 Å². The molecule has 0 radical (unpaired) electrons. The molecule has 0 saturated heterocycles. The molecule has 1 atom stereocenters. The second-order valence-electron chi connectivity index (χ2n) is 5.46. The number of H-pyrrole nitrogens is 1.